The molecule has 1 rings (SSSR count). The van der Waals surface area contributed by atoms with Crippen LogP contribution in [0.1, 0.15) is 39.2 Å². The molecule has 2 atom stereocenters. The molecule has 1 aromatic carbocycles. The average Bonchev–Trinajstić information content (AvgIpc) is 2.45. The molecular weight excluding hydrogens is 252 g/mol. The number of rotatable bonds is 8. The molecule has 1 aromatic rings. The highest BCUT2D eigenvalue weighted by molar-refractivity contribution is 5.81. The smallest absolute Gasteiger partial charge is 0.237 e. The van der Waals surface area contributed by atoms with Gasteiger partial charge in [0.1, 0.15) is 5.75 Å². The fraction of sp³-hybridized carbons (Fsp3) is 0.562. The Kier molecular flexibility index (Phi) is 7.09. The number of nitrogens with one attached hydrogen (secondary N) is 2. The number of hydrogen-bond acceptors (Lipinski definition) is 3. The summed E-state index contributed by atoms with van der Waals surface area (Å²) in [6.45, 7) is 6.64. The van der Waals surface area contributed by atoms with Crippen LogP contribution in [0.5, 0.6) is 5.75 Å². The van der Waals surface area contributed by atoms with Gasteiger partial charge in [-0.1, -0.05) is 31.5 Å². The normalized spacial score (nSPS) is 13.6. The van der Waals surface area contributed by atoms with Gasteiger partial charge >= 0.3 is 0 Å². The number of amides is 1. The molecule has 0 aliphatic carbocycles. The number of carbonyl (C=O) groups excluding carboxylic acids is 1. The molecule has 2 unspecified atom stereocenters. The molecule has 0 heterocycles. The molecule has 0 radical (unpaired) electrons. The third kappa shape index (κ3) is 5.21. The minimum atomic E-state index is -0.223. The Bertz CT molecular complexity index is 421. The predicted molar refractivity (Wildman–Crippen MR) is 81.8 cm³/mol. The van der Waals surface area contributed by atoms with Gasteiger partial charge < -0.3 is 15.4 Å². The Morgan fingerprint density at radius 2 is 2.00 bits per heavy atom. The summed E-state index contributed by atoms with van der Waals surface area (Å²) in [5, 5.41) is 6.24. The van der Waals surface area contributed by atoms with E-state index in [9.17, 15) is 4.79 Å². The first kappa shape index (κ1) is 16.5. The van der Waals surface area contributed by atoms with E-state index < -0.39 is 0 Å². The van der Waals surface area contributed by atoms with E-state index in [0.717, 1.165) is 24.2 Å². The molecule has 112 valence electrons. The predicted octanol–water partition coefficient (Wildman–Crippen LogP) is 2.48. The Labute approximate surface area is 121 Å². The Morgan fingerprint density at radius 1 is 1.30 bits per heavy atom. The monoisotopic (exact) mass is 278 g/mol. The summed E-state index contributed by atoms with van der Waals surface area (Å²) in [6.07, 6.45) is 2.08. The van der Waals surface area contributed by atoms with Crippen LogP contribution in [-0.2, 0) is 11.3 Å². The SMILES string of the molecule is CCCC(C)NC(=O)C(C)NCc1ccccc1OC. The van der Waals surface area contributed by atoms with Crippen molar-refractivity contribution in [1.82, 2.24) is 10.6 Å². The molecule has 0 saturated heterocycles. The third-order valence-corrected chi connectivity index (χ3v) is 3.29. The minimum absolute atomic E-state index is 0.0425. The van der Waals surface area contributed by atoms with Crippen molar-refractivity contribution >= 4 is 5.91 Å². The van der Waals surface area contributed by atoms with Crippen LogP contribution in [0.4, 0.5) is 0 Å². The standard InChI is InChI=1S/C16H26N2O2/c1-5-8-12(2)18-16(19)13(3)17-11-14-9-6-7-10-15(14)20-4/h6-7,9-10,12-13,17H,5,8,11H2,1-4H3,(H,18,19). The molecule has 0 aliphatic heterocycles. The third-order valence-electron chi connectivity index (χ3n) is 3.29. The number of para-hydroxylation sites is 1. The van der Waals surface area contributed by atoms with Gasteiger partial charge in [0.2, 0.25) is 5.91 Å². The number of hydrogen-bond donors (Lipinski definition) is 2. The molecule has 0 aliphatic rings. The maximum atomic E-state index is 12.0. The summed E-state index contributed by atoms with van der Waals surface area (Å²) >= 11 is 0. The van der Waals surface area contributed by atoms with Gasteiger partial charge in [0.25, 0.3) is 0 Å². The van der Waals surface area contributed by atoms with Gasteiger partial charge in [-0.2, -0.15) is 0 Å². The van der Waals surface area contributed by atoms with Gasteiger partial charge in [-0.25, -0.2) is 0 Å². The summed E-state index contributed by atoms with van der Waals surface area (Å²) in [7, 11) is 1.65. The molecule has 0 aromatic heterocycles. The molecule has 2 N–H and O–H groups in total. The molecule has 20 heavy (non-hydrogen) atoms. The zero-order valence-corrected chi connectivity index (χ0v) is 12.9. The van der Waals surface area contributed by atoms with Gasteiger partial charge in [0.15, 0.2) is 0 Å². The fourth-order valence-corrected chi connectivity index (χ4v) is 2.08. The van der Waals surface area contributed by atoms with Crippen molar-refractivity contribution in [2.45, 2.75) is 52.2 Å². The van der Waals surface area contributed by atoms with Crippen molar-refractivity contribution in [2.24, 2.45) is 0 Å². The second kappa shape index (κ2) is 8.59. The lowest BCUT2D eigenvalue weighted by Gasteiger charge is -2.18. The molecule has 0 saturated carbocycles. The highest BCUT2D eigenvalue weighted by Gasteiger charge is 2.14. The van der Waals surface area contributed by atoms with Crippen LogP contribution < -0.4 is 15.4 Å². The van der Waals surface area contributed by atoms with Crippen LogP contribution in [-0.4, -0.2) is 25.1 Å². The van der Waals surface area contributed by atoms with Gasteiger partial charge in [-0.05, 0) is 26.3 Å². The zero-order valence-electron chi connectivity index (χ0n) is 12.9. The van der Waals surface area contributed by atoms with Gasteiger partial charge in [0, 0.05) is 18.2 Å². The largest absolute Gasteiger partial charge is 0.496 e. The molecule has 1 amide bonds. The van der Waals surface area contributed by atoms with Gasteiger partial charge in [-0.3, -0.25) is 4.79 Å². The maximum absolute atomic E-state index is 12.0. The lowest BCUT2D eigenvalue weighted by Crippen LogP contribution is -2.45. The lowest BCUT2D eigenvalue weighted by molar-refractivity contribution is -0.123. The van der Waals surface area contributed by atoms with Crippen molar-refractivity contribution < 1.29 is 9.53 Å². The Balaban J connectivity index is 2.46. The molecular formula is C16H26N2O2. The molecule has 4 nitrogen and oxygen atoms in total. The summed E-state index contributed by atoms with van der Waals surface area (Å²) < 4.78 is 5.29. The van der Waals surface area contributed by atoms with Crippen LogP contribution in [0.3, 0.4) is 0 Å². The number of carbonyl (C=O) groups is 1. The number of ether oxygens (including phenoxy) is 1. The average molecular weight is 278 g/mol. The Morgan fingerprint density at radius 3 is 2.65 bits per heavy atom. The highest BCUT2D eigenvalue weighted by atomic mass is 16.5. The van der Waals surface area contributed by atoms with Crippen LogP contribution >= 0.6 is 0 Å². The van der Waals surface area contributed by atoms with E-state index in [1.165, 1.54) is 0 Å². The zero-order chi connectivity index (χ0) is 15.0. The first-order valence-electron chi connectivity index (χ1n) is 7.24. The van der Waals surface area contributed by atoms with E-state index in [-0.39, 0.29) is 18.0 Å². The molecule has 0 bridgehead atoms. The number of methoxy groups -OCH3 is 1. The van der Waals surface area contributed by atoms with Crippen LogP contribution in [0.15, 0.2) is 24.3 Å². The quantitative estimate of drug-likeness (QED) is 0.768. The second-order valence-corrected chi connectivity index (χ2v) is 5.11. The minimum Gasteiger partial charge on any atom is -0.496 e. The summed E-state index contributed by atoms with van der Waals surface area (Å²) in [6, 6.07) is 7.82. The van der Waals surface area contributed by atoms with Crippen LogP contribution in [0.25, 0.3) is 0 Å². The molecule has 4 heteroatoms. The van der Waals surface area contributed by atoms with E-state index in [1.807, 2.05) is 38.1 Å². The van der Waals surface area contributed by atoms with E-state index in [2.05, 4.69) is 17.6 Å². The maximum Gasteiger partial charge on any atom is 0.237 e. The van der Waals surface area contributed by atoms with Gasteiger partial charge in [-0.15, -0.1) is 0 Å². The fourth-order valence-electron chi connectivity index (χ4n) is 2.08. The molecule has 0 fully saturated rings. The van der Waals surface area contributed by atoms with E-state index in [0.29, 0.717) is 6.54 Å². The summed E-state index contributed by atoms with van der Waals surface area (Å²) in [4.78, 5) is 12.0. The van der Waals surface area contributed by atoms with E-state index >= 15 is 0 Å². The van der Waals surface area contributed by atoms with Crippen molar-refractivity contribution in [1.29, 1.82) is 0 Å². The molecule has 0 spiro atoms. The van der Waals surface area contributed by atoms with Crippen molar-refractivity contribution in [2.75, 3.05) is 7.11 Å². The van der Waals surface area contributed by atoms with E-state index in [4.69, 9.17) is 4.74 Å². The van der Waals surface area contributed by atoms with Crippen LogP contribution in [0.2, 0.25) is 0 Å². The van der Waals surface area contributed by atoms with Crippen molar-refractivity contribution in [3.63, 3.8) is 0 Å². The lowest BCUT2D eigenvalue weighted by atomic mass is 10.1. The van der Waals surface area contributed by atoms with Crippen molar-refractivity contribution in [3.05, 3.63) is 29.8 Å². The summed E-state index contributed by atoms with van der Waals surface area (Å²) in [5.74, 6) is 0.882. The summed E-state index contributed by atoms with van der Waals surface area (Å²) in [5.41, 5.74) is 1.05. The first-order valence-corrected chi connectivity index (χ1v) is 7.24. The highest BCUT2D eigenvalue weighted by Crippen LogP contribution is 2.16. The van der Waals surface area contributed by atoms with Crippen LogP contribution in [0, 0.1) is 0 Å². The van der Waals surface area contributed by atoms with Crippen molar-refractivity contribution in [3.8, 4) is 5.75 Å². The number of benzene rings is 1. The van der Waals surface area contributed by atoms with E-state index in [1.54, 1.807) is 7.11 Å². The van der Waals surface area contributed by atoms with Gasteiger partial charge in [0.05, 0.1) is 13.2 Å². The second-order valence-electron chi connectivity index (χ2n) is 5.11. The topological polar surface area (TPSA) is 50.4 Å². The Hall–Kier alpha value is -1.55. The first-order chi connectivity index (χ1) is 9.58.